The molecule has 1 heterocycles. The lowest BCUT2D eigenvalue weighted by molar-refractivity contribution is -0.117. The van der Waals surface area contributed by atoms with E-state index in [0.717, 1.165) is 5.69 Å². The molecule has 0 aliphatic carbocycles. The Kier molecular flexibility index (Phi) is 3.28. The number of hydrazine groups is 1. The summed E-state index contributed by atoms with van der Waals surface area (Å²) >= 11 is 17.3. The largest absolute Gasteiger partial charge is 0.282 e. The van der Waals surface area contributed by atoms with E-state index in [9.17, 15) is 4.79 Å². The van der Waals surface area contributed by atoms with Crippen molar-refractivity contribution in [2.75, 3.05) is 11.6 Å². The molecular weight excluding hydrogens is 270 g/mol. The minimum Gasteiger partial charge on any atom is -0.280 e. The Labute approximate surface area is 108 Å². The van der Waals surface area contributed by atoms with Crippen LogP contribution in [0.15, 0.2) is 34.3 Å². The maximum absolute atomic E-state index is 11.4. The number of rotatable bonds is 1. The number of halogens is 3. The lowest BCUT2D eigenvalue weighted by Crippen LogP contribution is -2.47. The molecule has 1 aliphatic rings. The van der Waals surface area contributed by atoms with Crippen LogP contribution in [-0.2, 0) is 4.79 Å². The second kappa shape index (κ2) is 4.53. The van der Waals surface area contributed by atoms with Gasteiger partial charge in [-0.2, -0.15) is 0 Å². The van der Waals surface area contributed by atoms with Gasteiger partial charge in [0.05, 0.1) is 17.3 Å². The second-order valence-electron chi connectivity index (χ2n) is 3.22. The van der Waals surface area contributed by atoms with E-state index in [4.69, 9.17) is 34.8 Å². The van der Waals surface area contributed by atoms with Crippen LogP contribution < -0.4 is 10.4 Å². The summed E-state index contributed by atoms with van der Waals surface area (Å²) in [6.07, 6.45) is 0. The molecule has 0 radical (unpaired) electrons. The van der Waals surface area contributed by atoms with Gasteiger partial charge in [-0.3, -0.25) is 15.2 Å². The Morgan fingerprint density at radius 2 is 1.75 bits per heavy atom. The zero-order valence-corrected chi connectivity index (χ0v) is 10.3. The van der Waals surface area contributed by atoms with Gasteiger partial charge in [0.2, 0.25) is 0 Å². The molecule has 0 atom stereocenters. The van der Waals surface area contributed by atoms with Gasteiger partial charge in [0.15, 0.2) is 0 Å². The first-order valence-corrected chi connectivity index (χ1v) is 5.59. The summed E-state index contributed by atoms with van der Waals surface area (Å²) in [7, 11) is 0. The number of anilines is 1. The third-order valence-electron chi connectivity index (χ3n) is 2.11. The van der Waals surface area contributed by atoms with E-state index in [1.165, 1.54) is 0 Å². The highest BCUT2D eigenvalue weighted by Crippen LogP contribution is 2.24. The topological polar surface area (TPSA) is 32.3 Å². The first-order valence-electron chi connectivity index (χ1n) is 4.46. The molecule has 1 aromatic carbocycles. The number of hydrogen-bond acceptors (Lipinski definition) is 2. The molecule has 16 heavy (non-hydrogen) atoms. The van der Waals surface area contributed by atoms with Crippen molar-refractivity contribution in [3.63, 3.8) is 0 Å². The van der Waals surface area contributed by atoms with Crippen molar-refractivity contribution in [2.45, 2.75) is 0 Å². The molecule has 0 saturated heterocycles. The highest BCUT2D eigenvalue weighted by molar-refractivity contribution is 6.48. The first kappa shape index (κ1) is 11.6. The number of amides is 1. The van der Waals surface area contributed by atoms with Gasteiger partial charge in [-0.1, -0.05) is 34.8 Å². The van der Waals surface area contributed by atoms with E-state index >= 15 is 0 Å². The van der Waals surface area contributed by atoms with Crippen molar-refractivity contribution in [1.29, 1.82) is 0 Å². The van der Waals surface area contributed by atoms with Crippen LogP contribution >= 0.6 is 34.8 Å². The summed E-state index contributed by atoms with van der Waals surface area (Å²) in [5.74, 6) is -0.409. The van der Waals surface area contributed by atoms with E-state index in [0.29, 0.717) is 16.6 Å². The third kappa shape index (κ3) is 2.26. The molecule has 1 aromatic rings. The Bertz CT molecular complexity index is 456. The number of carbonyl (C=O) groups excluding carboxylic acids is 1. The summed E-state index contributed by atoms with van der Waals surface area (Å²) in [5.41, 5.74) is 3.40. The van der Waals surface area contributed by atoms with Gasteiger partial charge >= 0.3 is 0 Å². The summed E-state index contributed by atoms with van der Waals surface area (Å²) < 4.78 is 0. The van der Waals surface area contributed by atoms with Crippen LogP contribution in [0.25, 0.3) is 0 Å². The van der Waals surface area contributed by atoms with Crippen LogP contribution in [0.3, 0.4) is 0 Å². The lowest BCUT2D eigenvalue weighted by atomic mass is 10.3. The van der Waals surface area contributed by atoms with Gasteiger partial charge in [-0.25, -0.2) is 0 Å². The Morgan fingerprint density at radius 3 is 2.31 bits per heavy atom. The van der Waals surface area contributed by atoms with Gasteiger partial charge in [-0.15, -0.1) is 0 Å². The molecule has 1 aliphatic heterocycles. The van der Waals surface area contributed by atoms with Crippen LogP contribution in [0.2, 0.25) is 5.02 Å². The smallest absolute Gasteiger partial charge is 0.280 e. The monoisotopic (exact) mass is 276 g/mol. The Balaban J connectivity index is 2.25. The third-order valence-corrected chi connectivity index (χ3v) is 3.17. The fourth-order valence-electron chi connectivity index (χ4n) is 1.32. The molecule has 0 unspecified atom stereocenters. The van der Waals surface area contributed by atoms with E-state index in [1.54, 1.807) is 29.3 Å². The number of carbonyl (C=O) groups is 1. The maximum Gasteiger partial charge on any atom is 0.282 e. The van der Waals surface area contributed by atoms with E-state index < -0.39 is 5.91 Å². The average molecular weight is 278 g/mol. The van der Waals surface area contributed by atoms with Crippen molar-refractivity contribution >= 4 is 46.4 Å². The van der Waals surface area contributed by atoms with Crippen molar-refractivity contribution < 1.29 is 4.79 Å². The van der Waals surface area contributed by atoms with Crippen LogP contribution in [-0.4, -0.2) is 12.5 Å². The van der Waals surface area contributed by atoms with Crippen molar-refractivity contribution in [2.24, 2.45) is 0 Å². The SMILES string of the molecule is O=C1NN(c2ccc(Cl)cc2)CC(Cl)=C1Cl. The first-order chi connectivity index (χ1) is 7.58. The average Bonchev–Trinajstić information content (AvgIpc) is 2.26. The molecule has 6 heteroatoms. The van der Waals surface area contributed by atoms with E-state index in [-0.39, 0.29) is 5.03 Å². The number of hydrogen-bond donors (Lipinski definition) is 1. The van der Waals surface area contributed by atoms with Crippen LogP contribution in [0.4, 0.5) is 5.69 Å². The summed E-state index contributed by atoms with van der Waals surface area (Å²) in [6, 6.07) is 7.03. The number of benzene rings is 1. The predicted molar refractivity (Wildman–Crippen MR) is 65.7 cm³/mol. The zero-order chi connectivity index (χ0) is 11.7. The van der Waals surface area contributed by atoms with Crippen LogP contribution in [0.1, 0.15) is 0 Å². The quantitative estimate of drug-likeness (QED) is 0.856. The fourth-order valence-corrected chi connectivity index (χ4v) is 1.75. The molecule has 1 amide bonds. The Hall–Kier alpha value is -0.900. The molecule has 0 spiro atoms. The van der Waals surface area contributed by atoms with Crippen molar-refractivity contribution in [3.05, 3.63) is 39.4 Å². The molecule has 2 rings (SSSR count). The molecule has 0 fully saturated rings. The normalized spacial score (nSPS) is 16.4. The van der Waals surface area contributed by atoms with E-state index in [2.05, 4.69) is 5.43 Å². The van der Waals surface area contributed by atoms with Gasteiger partial charge < -0.3 is 0 Å². The summed E-state index contributed by atoms with van der Waals surface area (Å²) in [5, 5.41) is 2.59. The van der Waals surface area contributed by atoms with Crippen LogP contribution in [0, 0.1) is 0 Å². The molecule has 84 valence electrons. The van der Waals surface area contributed by atoms with Crippen molar-refractivity contribution in [1.82, 2.24) is 5.43 Å². The summed E-state index contributed by atoms with van der Waals surface area (Å²) in [6.45, 7) is 0.341. The molecule has 3 nitrogen and oxygen atoms in total. The number of nitrogens with zero attached hydrogens (tertiary/aromatic N) is 1. The summed E-state index contributed by atoms with van der Waals surface area (Å²) in [4.78, 5) is 11.4. The van der Waals surface area contributed by atoms with Gasteiger partial charge in [0.1, 0.15) is 5.03 Å². The zero-order valence-electron chi connectivity index (χ0n) is 8.01. The highest BCUT2D eigenvalue weighted by Gasteiger charge is 2.23. The minimum atomic E-state index is -0.409. The molecule has 1 N–H and O–H groups in total. The Morgan fingerprint density at radius 1 is 1.12 bits per heavy atom. The highest BCUT2D eigenvalue weighted by atomic mass is 35.5. The van der Waals surface area contributed by atoms with E-state index in [1.807, 2.05) is 0 Å². The molecular formula is C10H7Cl3N2O. The standard InChI is InChI=1S/C10H7Cl3N2O/c11-6-1-3-7(4-2-6)15-5-8(12)9(13)10(16)14-15/h1-4H,5H2,(H,14,16). The van der Waals surface area contributed by atoms with Gasteiger partial charge in [0.25, 0.3) is 5.91 Å². The second-order valence-corrected chi connectivity index (χ2v) is 4.49. The molecule has 0 saturated carbocycles. The van der Waals surface area contributed by atoms with Gasteiger partial charge in [0, 0.05) is 5.02 Å². The minimum absolute atomic E-state index is 0.0341. The maximum atomic E-state index is 11.4. The van der Waals surface area contributed by atoms with Gasteiger partial charge in [-0.05, 0) is 24.3 Å². The lowest BCUT2D eigenvalue weighted by Gasteiger charge is -2.28. The fraction of sp³-hybridized carbons (Fsp3) is 0.100. The molecule has 0 aromatic heterocycles. The van der Waals surface area contributed by atoms with Crippen LogP contribution in [0.5, 0.6) is 0 Å². The predicted octanol–water partition coefficient (Wildman–Crippen LogP) is 2.88. The van der Waals surface area contributed by atoms with Crippen molar-refractivity contribution in [3.8, 4) is 0 Å². The number of nitrogens with one attached hydrogen (secondary N) is 1. The molecule has 0 bridgehead atoms.